The number of aryl methyl sites for hydroxylation is 1. The van der Waals surface area contributed by atoms with E-state index in [-0.39, 0.29) is 12.4 Å². The zero-order chi connectivity index (χ0) is 17.0. The van der Waals surface area contributed by atoms with Crippen LogP contribution in [0, 0.1) is 18.7 Å². The molecule has 2 rings (SSSR count). The molecule has 0 saturated carbocycles. The third-order valence-electron chi connectivity index (χ3n) is 3.44. The van der Waals surface area contributed by atoms with Gasteiger partial charge in [0.2, 0.25) is 0 Å². The number of hydrogen-bond donors (Lipinski definition) is 1. The Morgan fingerprint density at radius 1 is 1.30 bits per heavy atom. The molecule has 1 unspecified atom stereocenters. The zero-order valence-corrected chi connectivity index (χ0v) is 14.1. The first-order valence-electron chi connectivity index (χ1n) is 7.78. The lowest BCUT2D eigenvalue weighted by Crippen LogP contribution is -2.43. The minimum atomic E-state index is -0.483. The third-order valence-corrected chi connectivity index (χ3v) is 3.44. The summed E-state index contributed by atoms with van der Waals surface area (Å²) in [7, 11) is 0. The number of benzene rings is 1. The predicted molar refractivity (Wildman–Crippen MR) is 89.7 cm³/mol. The van der Waals surface area contributed by atoms with Gasteiger partial charge in [-0.25, -0.2) is 14.4 Å². The average Bonchev–Trinajstić information content (AvgIpc) is 2.44. The van der Waals surface area contributed by atoms with Crippen LogP contribution in [0.15, 0.2) is 30.5 Å². The SMILES string of the molecule is Cc1nccc(-c2ccc(OCC(C)(N)CC(C)C)c(F)c2)n1. The molecule has 0 aliphatic carbocycles. The van der Waals surface area contributed by atoms with E-state index < -0.39 is 11.4 Å². The van der Waals surface area contributed by atoms with Gasteiger partial charge < -0.3 is 10.5 Å². The zero-order valence-electron chi connectivity index (χ0n) is 14.1. The number of hydrogen-bond acceptors (Lipinski definition) is 4. The molecular formula is C18H24FN3O. The summed E-state index contributed by atoms with van der Waals surface area (Å²) < 4.78 is 19.8. The molecule has 2 N–H and O–H groups in total. The van der Waals surface area contributed by atoms with Gasteiger partial charge in [0, 0.05) is 17.3 Å². The summed E-state index contributed by atoms with van der Waals surface area (Å²) >= 11 is 0. The maximum Gasteiger partial charge on any atom is 0.165 e. The highest BCUT2D eigenvalue weighted by molar-refractivity contribution is 5.60. The van der Waals surface area contributed by atoms with E-state index in [1.807, 2.05) is 6.92 Å². The van der Waals surface area contributed by atoms with E-state index in [1.54, 1.807) is 31.3 Å². The summed E-state index contributed by atoms with van der Waals surface area (Å²) in [5.41, 5.74) is 7.08. The van der Waals surface area contributed by atoms with Crippen LogP contribution in [0.5, 0.6) is 5.75 Å². The molecule has 5 heteroatoms. The van der Waals surface area contributed by atoms with Crippen molar-refractivity contribution in [2.24, 2.45) is 11.7 Å². The summed E-state index contributed by atoms with van der Waals surface area (Å²) in [6.45, 7) is 8.19. The summed E-state index contributed by atoms with van der Waals surface area (Å²) in [5.74, 6) is 0.900. The van der Waals surface area contributed by atoms with E-state index in [9.17, 15) is 4.39 Å². The minimum Gasteiger partial charge on any atom is -0.489 e. The van der Waals surface area contributed by atoms with Crippen LogP contribution < -0.4 is 10.5 Å². The summed E-state index contributed by atoms with van der Waals surface area (Å²) in [5, 5.41) is 0. The Balaban J connectivity index is 2.11. The van der Waals surface area contributed by atoms with Gasteiger partial charge in [0.05, 0.1) is 5.69 Å². The molecule has 0 radical (unpaired) electrons. The number of nitrogens with two attached hydrogens (primary N) is 1. The van der Waals surface area contributed by atoms with Crippen LogP contribution in [-0.4, -0.2) is 22.1 Å². The molecule has 0 saturated heterocycles. The number of nitrogens with zero attached hydrogens (tertiary/aromatic N) is 2. The fourth-order valence-electron chi connectivity index (χ4n) is 2.63. The van der Waals surface area contributed by atoms with Crippen LogP contribution in [0.25, 0.3) is 11.3 Å². The van der Waals surface area contributed by atoms with Gasteiger partial charge in [-0.1, -0.05) is 13.8 Å². The van der Waals surface area contributed by atoms with Crippen LogP contribution in [0.1, 0.15) is 33.0 Å². The Morgan fingerprint density at radius 3 is 2.65 bits per heavy atom. The molecule has 0 fully saturated rings. The molecule has 1 atom stereocenters. The van der Waals surface area contributed by atoms with Gasteiger partial charge in [0.25, 0.3) is 0 Å². The van der Waals surface area contributed by atoms with Crippen molar-refractivity contribution in [2.45, 2.75) is 39.7 Å². The summed E-state index contributed by atoms with van der Waals surface area (Å²) in [4.78, 5) is 8.34. The van der Waals surface area contributed by atoms with Gasteiger partial charge in [0.15, 0.2) is 11.6 Å². The lowest BCUT2D eigenvalue weighted by atomic mass is 9.93. The predicted octanol–water partition coefficient (Wildman–Crippen LogP) is 3.73. The van der Waals surface area contributed by atoms with Crippen molar-refractivity contribution in [3.05, 3.63) is 42.1 Å². The number of rotatable bonds is 6. The number of halogens is 1. The van der Waals surface area contributed by atoms with Crippen molar-refractivity contribution in [2.75, 3.05) is 6.61 Å². The van der Waals surface area contributed by atoms with E-state index in [0.29, 0.717) is 23.0 Å². The van der Waals surface area contributed by atoms with Crippen LogP contribution >= 0.6 is 0 Å². The minimum absolute atomic E-state index is 0.208. The molecule has 0 spiro atoms. The van der Waals surface area contributed by atoms with E-state index >= 15 is 0 Å². The Bertz CT molecular complexity index is 671. The van der Waals surface area contributed by atoms with Crippen molar-refractivity contribution >= 4 is 0 Å². The van der Waals surface area contributed by atoms with E-state index in [4.69, 9.17) is 10.5 Å². The molecule has 0 aliphatic rings. The molecule has 124 valence electrons. The average molecular weight is 317 g/mol. The smallest absolute Gasteiger partial charge is 0.165 e. The van der Waals surface area contributed by atoms with Crippen LogP contribution in [0.2, 0.25) is 0 Å². The Morgan fingerprint density at radius 2 is 2.04 bits per heavy atom. The van der Waals surface area contributed by atoms with E-state index in [0.717, 1.165) is 6.42 Å². The van der Waals surface area contributed by atoms with Gasteiger partial charge in [-0.3, -0.25) is 0 Å². The maximum absolute atomic E-state index is 14.3. The summed E-state index contributed by atoms with van der Waals surface area (Å²) in [6, 6.07) is 6.58. The van der Waals surface area contributed by atoms with Gasteiger partial charge in [-0.2, -0.15) is 0 Å². The molecule has 0 aliphatic heterocycles. The number of aromatic nitrogens is 2. The molecule has 4 nitrogen and oxygen atoms in total. The van der Waals surface area contributed by atoms with E-state index in [2.05, 4.69) is 23.8 Å². The molecule has 2 aromatic rings. The van der Waals surface area contributed by atoms with Crippen molar-refractivity contribution in [3.63, 3.8) is 0 Å². The highest BCUT2D eigenvalue weighted by atomic mass is 19.1. The largest absolute Gasteiger partial charge is 0.489 e. The van der Waals surface area contributed by atoms with Gasteiger partial charge in [-0.05, 0) is 50.5 Å². The normalized spacial score (nSPS) is 13.9. The first-order valence-corrected chi connectivity index (χ1v) is 7.78. The topological polar surface area (TPSA) is 61.0 Å². The molecule has 1 aromatic heterocycles. The molecule has 1 heterocycles. The second-order valence-electron chi connectivity index (χ2n) is 6.67. The van der Waals surface area contributed by atoms with Crippen molar-refractivity contribution in [1.82, 2.24) is 9.97 Å². The van der Waals surface area contributed by atoms with Gasteiger partial charge >= 0.3 is 0 Å². The number of ether oxygens (including phenoxy) is 1. The quantitative estimate of drug-likeness (QED) is 0.882. The highest BCUT2D eigenvalue weighted by Gasteiger charge is 2.21. The second-order valence-corrected chi connectivity index (χ2v) is 6.67. The lowest BCUT2D eigenvalue weighted by Gasteiger charge is -2.26. The van der Waals surface area contributed by atoms with Crippen molar-refractivity contribution in [1.29, 1.82) is 0 Å². The van der Waals surface area contributed by atoms with Gasteiger partial charge in [0.1, 0.15) is 12.4 Å². The van der Waals surface area contributed by atoms with Crippen molar-refractivity contribution in [3.8, 4) is 17.0 Å². The fourth-order valence-corrected chi connectivity index (χ4v) is 2.63. The second kappa shape index (κ2) is 7.04. The molecule has 0 amide bonds. The highest BCUT2D eigenvalue weighted by Crippen LogP contribution is 2.25. The first kappa shape index (κ1) is 17.3. The summed E-state index contributed by atoms with van der Waals surface area (Å²) in [6.07, 6.45) is 2.47. The van der Waals surface area contributed by atoms with E-state index in [1.165, 1.54) is 6.07 Å². The molecule has 23 heavy (non-hydrogen) atoms. The van der Waals surface area contributed by atoms with Crippen LogP contribution in [-0.2, 0) is 0 Å². The first-order chi connectivity index (χ1) is 10.8. The molecular weight excluding hydrogens is 293 g/mol. The van der Waals surface area contributed by atoms with Crippen LogP contribution in [0.3, 0.4) is 0 Å². The third kappa shape index (κ3) is 4.99. The molecule has 0 bridgehead atoms. The van der Waals surface area contributed by atoms with Crippen molar-refractivity contribution < 1.29 is 9.13 Å². The van der Waals surface area contributed by atoms with Crippen LogP contribution in [0.4, 0.5) is 4.39 Å². The standard InChI is InChI=1S/C18H24FN3O/c1-12(2)10-18(4,20)11-23-17-6-5-14(9-15(17)19)16-7-8-21-13(3)22-16/h5-9,12H,10-11,20H2,1-4H3. The monoisotopic (exact) mass is 317 g/mol. The molecule has 1 aromatic carbocycles. The fraction of sp³-hybridized carbons (Fsp3) is 0.444. The van der Waals surface area contributed by atoms with Gasteiger partial charge in [-0.15, -0.1) is 0 Å². The Hall–Kier alpha value is -2.01. The Kier molecular flexibility index (Phi) is 5.31. The Labute approximate surface area is 136 Å². The lowest BCUT2D eigenvalue weighted by molar-refractivity contribution is 0.200. The maximum atomic E-state index is 14.3.